The van der Waals surface area contributed by atoms with Crippen LogP contribution in [0.15, 0.2) is 23.0 Å². The van der Waals surface area contributed by atoms with Crippen LogP contribution in [0.1, 0.15) is 66.4 Å². The van der Waals surface area contributed by atoms with E-state index in [2.05, 4.69) is 10.3 Å². The number of nitrogens with zero attached hydrogens (tertiary/aromatic N) is 3. The van der Waals surface area contributed by atoms with Gasteiger partial charge in [-0.1, -0.05) is 6.07 Å². The summed E-state index contributed by atoms with van der Waals surface area (Å²) in [7, 11) is 2.67. The number of aliphatic hydroxyl groups is 1. The molecule has 2 aliphatic heterocycles. The highest BCUT2D eigenvalue weighted by molar-refractivity contribution is 5.94. The summed E-state index contributed by atoms with van der Waals surface area (Å²) in [6, 6.07) is 3.52. The molecule has 1 aromatic heterocycles. The fourth-order valence-electron chi connectivity index (χ4n) is 4.27. The molecule has 0 saturated carbocycles. The number of nitrogens with one attached hydrogen (secondary N) is 1. The molecule has 2 amide bonds. The molecule has 0 spiro atoms. The summed E-state index contributed by atoms with van der Waals surface area (Å²) in [6.07, 6.45) is 3.53. The number of rotatable bonds is 0. The van der Waals surface area contributed by atoms with E-state index in [-0.39, 0.29) is 24.6 Å². The molecule has 2 aliphatic rings. The summed E-state index contributed by atoms with van der Waals surface area (Å²) in [4.78, 5) is 44.6. The van der Waals surface area contributed by atoms with E-state index >= 15 is 0 Å². The predicted octanol–water partition coefficient (Wildman–Crippen LogP) is 1.87. The first-order valence-corrected chi connectivity index (χ1v) is 11.6. The monoisotopic (exact) mass is 490 g/mol. The number of benzene rings is 1. The van der Waals surface area contributed by atoms with Gasteiger partial charge in [-0.25, -0.2) is 9.37 Å². The third kappa shape index (κ3) is 5.79. The maximum atomic E-state index is 13.7. The normalized spacial score (nSPS) is 18.9. The fourth-order valence-corrected chi connectivity index (χ4v) is 4.27. The Bertz CT molecular complexity index is 1140. The Morgan fingerprint density at radius 3 is 2.69 bits per heavy atom. The summed E-state index contributed by atoms with van der Waals surface area (Å²) in [5, 5.41) is 20.1. The van der Waals surface area contributed by atoms with Crippen LogP contribution in [0.25, 0.3) is 0 Å². The zero-order valence-electron chi connectivity index (χ0n) is 19.9. The lowest BCUT2D eigenvalue weighted by atomic mass is 10.1. The number of carbonyl (C=O) groups is 2. The van der Waals surface area contributed by atoms with Crippen molar-refractivity contribution in [2.24, 2.45) is 0 Å². The van der Waals surface area contributed by atoms with Gasteiger partial charge in [0.05, 0.1) is 12.6 Å². The quantitative estimate of drug-likeness (QED) is 0.513. The lowest BCUT2D eigenvalue weighted by molar-refractivity contribution is -0.132. The Hall–Kier alpha value is -3.47. The van der Waals surface area contributed by atoms with E-state index in [0.717, 1.165) is 13.5 Å². The second-order valence-corrected chi connectivity index (χ2v) is 8.38. The van der Waals surface area contributed by atoms with Gasteiger partial charge >= 0.3 is 0 Å². The first-order chi connectivity index (χ1) is 16.9. The molecule has 0 saturated heterocycles. The third-order valence-corrected chi connectivity index (χ3v) is 6.17. The number of carbonyl (C=O) groups excluding carboxylic acids is 2. The van der Waals surface area contributed by atoms with Crippen molar-refractivity contribution < 1.29 is 28.9 Å². The highest BCUT2D eigenvalue weighted by Crippen LogP contribution is 2.29. The van der Waals surface area contributed by atoms with Crippen molar-refractivity contribution in [1.82, 2.24) is 19.8 Å². The van der Waals surface area contributed by atoms with Gasteiger partial charge in [-0.15, -0.1) is 0 Å². The van der Waals surface area contributed by atoms with E-state index in [9.17, 15) is 23.9 Å². The second-order valence-electron chi connectivity index (χ2n) is 8.38. The molecule has 35 heavy (non-hydrogen) atoms. The predicted molar refractivity (Wildman–Crippen MR) is 125 cm³/mol. The maximum Gasteiger partial charge on any atom is 0.296 e. The zero-order valence-corrected chi connectivity index (χ0v) is 19.9. The number of amides is 2. The maximum absolute atomic E-state index is 13.7. The molecule has 1 aromatic carbocycles. The molecule has 4 rings (SSSR count). The third-order valence-electron chi connectivity index (χ3n) is 6.17. The summed E-state index contributed by atoms with van der Waals surface area (Å²) in [5.74, 6) is -1.48. The summed E-state index contributed by atoms with van der Waals surface area (Å²) in [5.41, 5.74) is -0.558. The lowest BCUT2D eigenvalue weighted by Gasteiger charge is -2.28. The minimum Gasteiger partial charge on any atom is -0.501 e. The number of halogens is 1. The van der Waals surface area contributed by atoms with Gasteiger partial charge in [-0.05, 0) is 38.2 Å². The Morgan fingerprint density at radius 2 is 1.91 bits per heavy atom. The Morgan fingerprint density at radius 1 is 1.14 bits per heavy atom. The van der Waals surface area contributed by atoms with Crippen molar-refractivity contribution in [3.05, 3.63) is 51.5 Å². The molecule has 3 N–H and O–H groups in total. The first-order valence-electron chi connectivity index (χ1n) is 11.6. The van der Waals surface area contributed by atoms with Crippen molar-refractivity contribution in [3.63, 3.8) is 0 Å². The molecule has 1 atom stereocenters. The highest BCUT2D eigenvalue weighted by atomic mass is 19.1. The van der Waals surface area contributed by atoms with E-state index in [4.69, 9.17) is 9.84 Å². The van der Waals surface area contributed by atoms with Crippen molar-refractivity contribution in [2.45, 2.75) is 57.7 Å². The SMILES string of the molecule is CN1C(=O)CCCCOc2cc(F)ccc2CNC(=O)c2nc3n(c(=O)c2O)CCCCC31.CO. The highest BCUT2D eigenvalue weighted by Gasteiger charge is 2.31. The number of aromatic nitrogens is 2. The van der Waals surface area contributed by atoms with Gasteiger partial charge in [-0.3, -0.25) is 19.0 Å². The topological polar surface area (TPSA) is 134 Å². The minimum absolute atomic E-state index is 0.00416. The van der Waals surface area contributed by atoms with E-state index in [1.54, 1.807) is 11.9 Å². The Kier molecular flexibility index (Phi) is 8.80. The van der Waals surface area contributed by atoms with Crippen molar-refractivity contribution >= 4 is 11.8 Å². The number of hydrogen-bond acceptors (Lipinski definition) is 7. The Balaban J connectivity index is 0.00000167. The number of aliphatic hydroxyl groups excluding tert-OH is 1. The first kappa shape index (κ1) is 26.1. The van der Waals surface area contributed by atoms with Crippen LogP contribution in [0, 0.1) is 5.82 Å². The van der Waals surface area contributed by atoms with Gasteiger partial charge in [0.2, 0.25) is 11.7 Å². The van der Waals surface area contributed by atoms with Crippen LogP contribution in [-0.2, 0) is 17.9 Å². The molecule has 11 heteroatoms. The molecular weight excluding hydrogens is 459 g/mol. The van der Waals surface area contributed by atoms with E-state index in [0.29, 0.717) is 50.2 Å². The fraction of sp³-hybridized carbons (Fsp3) is 0.500. The average molecular weight is 491 g/mol. The van der Waals surface area contributed by atoms with Crippen LogP contribution in [0.4, 0.5) is 4.39 Å². The van der Waals surface area contributed by atoms with E-state index < -0.39 is 34.8 Å². The molecular formula is C24H31FN4O6. The van der Waals surface area contributed by atoms with Crippen molar-refractivity contribution in [1.29, 1.82) is 0 Å². The van der Waals surface area contributed by atoms with Crippen LogP contribution in [0.5, 0.6) is 11.5 Å². The van der Waals surface area contributed by atoms with Crippen LogP contribution >= 0.6 is 0 Å². The van der Waals surface area contributed by atoms with Crippen molar-refractivity contribution in [3.8, 4) is 11.5 Å². The summed E-state index contributed by atoms with van der Waals surface area (Å²) >= 11 is 0. The minimum atomic E-state index is -0.743. The molecule has 2 bridgehead atoms. The largest absolute Gasteiger partial charge is 0.501 e. The second kappa shape index (κ2) is 11.8. The van der Waals surface area contributed by atoms with Gasteiger partial charge in [0.15, 0.2) is 5.69 Å². The van der Waals surface area contributed by atoms with Gasteiger partial charge in [0, 0.05) is 45.3 Å². The van der Waals surface area contributed by atoms with Crippen LogP contribution in [0.3, 0.4) is 0 Å². The van der Waals surface area contributed by atoms with Crippen LogP contribution in [-0.4, -0.2) is 57.2 Å². The van der Waals surface area contributed by atoms with Gasteiger partial charge < -0.3 is 25.2 Å². The zero-order chi connectivity index (χ0) is 25.5. The molecule has 2 aromatic rings. The molecule has 0 radical (unpaired) electrons. The molecule has 0 aliphatic carbocycles. The number of ether oxygens (including phenoxy) is 1. The Labute approximate surface area is 202 Å². The molecule has 3 heterocycles. The van der Waals surface area contributed by atoms with Crippen LogP contribution in [0.2, 0.25) is 0 Å². The number of hydrogen-bond donors (Lipinski definition) is 3. The lowest BCUT2D eigenvalue weighted by Crippen LogP contribution is -2.37. The molecule has 190 valence electrons. The van der Waals surface area contributed by atoms with E-state index in [1.165, 1.54) is 22.8 Å². The van der Waals surface area contributed by atoms with Gasteiger partial charge in [0.25, 0.3) is 11.5 Å². The van der Waals surface area contributed by atoms with Gasteiger partial charge in [-0.2, -0.15) is 0 Å². The van der Waals surface area contributed by atoms with Crippen molar-refractivity contribution in [2.75, 3.05) is 20.8 Å². The summed E-state index contributed by atoms with van der Waals surface area (Å²) < 4.78 is 20.8. The molecule has 1 unspecified atom stereocenters. The number of aromatic hydroxyl groups is 1. The smallest absolute Gasteiger partial charge is 0.296 e. The number of fused-ring (bicyclic) bond motifs is 2. The van der Waals surface area contributed by atoms with Crippen LogP contribution < -0.4 is 15.6 Å². The standard InChI is InChI=1S/C23H27FN4O5.CH4O/c1-27-16-6-2-4-10-28-21(16)26-19(20(30)23(28)32)22(31)25-13-14-8-9-15(24)12-17(14)33-11-5-3-7-18(27)29;1-2/h8-9,12,16,30H,2-7,10-11,13H2,1H3,(H,25,31);2H,1H3. The average Bonchev–Trinajstić information content (AvgIpc) is 3.08. The van der Waals surface area contributed by atoms with E-state index in [1.807, 2.05) is 0 Å². The molecule has 0 fully saturated rings. The summed E-state index contributed by atoms with van der Waals surface area (Å²) in [6.45, 7) is 0.646. The molecule has 10 nitrogen and oxygen atoms in total. The van der Waals surface area contributed by atoms with Gasteiger partial charge in [0.1, 0.15) is 17.4 Å².